The fourth-order valence-electron chi connectivity index (χ4n) is 1.67. The molecular formula is C10H19N3O. The number of hydrazine groups is 2. The van der Waals surface area contributed by atoms with Crippen molar-refractivity contribution in [2.75, 3.05) is 6.54 Å². The average Bonchev–Trinajstić information content (AvgIpc) is 2.55. The van der Waals surface area contributed by atoms with Gasteiger partial charge in [0.25, 0.3) is 0 Å². The number of nitrogens with one attached hydrogen (secondary N) is 1. The zero-order valence-corrected chi connectivity index (χ0v) is 8.69. The Balaban J connectivity index is 2.56. The van der Waals surface area contributed by atoms with Crippen LogP contribution in [0.5, 0.6) is 0 Å². The van der Waals surface area contributed by atoms with Crippen LogP contribution < -0.4 is 5.43 Å². The maximum atomic E-state index is 9.53. The molecule has 0 saturated carbocycles. The summed E-state index contributed by atoms with van der Waals surface area (Å²) in [5.74, 6) is 0. The van der Waals surface area contributed by atoms with Crippen LogP contribution in [0.25, 0.3) is 0 Å². The molecule has 14 heavy (non-hydrogen) atoms. The Labute approximate surface area is 85.4 Å². The lowest BCUT2D eigenvalue weighted by Crippen LogP contribution is -2.46. The lowest BCUT2D eigenvalue weighted by atomic mass is 10.1. The van der Waals surface area contributed by atoms with Crippen LogP contribution >= 0.6 is 0 Å². The molecular weight excluding hydrogens is 178 g/mol. The SMILES string of the molecule is C=CCC[C@H]1CNN(O)N1C(C)C=C. The molecule has 1 unspecified atom stereocenters. The zero-order chi connectivity index (χ0) is 10.6. The highest BCUT2D eigenvalue weighted by Crippen LogP contribution is 2.17. The van der Waals surface area contributed by atoms with Gasteiger partial charge in [-0.05, 0) is 19.8 Å². The first-order valence-electron chi connectivity index (χ1n) is 4.95. The monoisotopic (exact) mass is 197 g/mol. The highest BCUT2D eigenvalue weighted by Gasteiger charge is 2.32. The van der Waals surface area contributed by atoms with Crippen molar-refractivity contribution in [3.8, 4) is 0 Å². The Bertz CT molecular complexity index is 208. The second-order valence-corrected chi connectivity index (χ2v) is 3.53. The summed E-state index contributed by atoms with van der Waals surface area (Å²) in [5.41, 5.74) is 2.88. The predicted molar refractivity (Wildman–Crippen MR) is 56.3 cm³/mol. The van der Waals surface area contributed by atoms with Crippen LogP contribution in [0.15, 0.2) is 25.3 Å². The summed E-state index contributed by atoms with van der Waals surface area (Å²) in [6.45, 7) is 10.2. The van der Waals surface area contributed by atoms with Crippen LogP contribution in [-0.4, -0.2) is 34.1 Å². The van der Waals surface area contributed by atoms with Crippen LogP contribution in [0.3, 0.4) is 0 Å². The van der Waals surface area contributed by atoms with E-state index >= 15 is 0 Å². The van der Waals surface area contributed by atoms with E-state index in [9.17, 15) is 5.21 Å². The van der Waals surface area contributed by atoms with Gasteiger partial charge in [-0.25, -0.2) is 5.43 Å². The van der Waals surface area contributed by atoms with Crippen molar-refractivity contribution in [2.45, 2.75) is 31.8 Å². The summed E-state index contributed by atoms with van der Waals surface area (Å²) < 4.78 is 0. The van der Waals surface area contributed by atoms with Crippen molar-refractivity contribution >= 4 is 0 Å². The third-order valence-corrected chi connectivity index (χ3v) is 2.52. The summed E-state index contributed by atoms with van der Waals surface area (Å²) in [4.78, 5) is 0. The minimum atomic E-state index is 0.129. The standard InChI is InChI=1S/C10H19N3O/c1-4-6-7-10-8-11-13(14)12(10)9(3)5-2/h4-5,9-11,14H,1-2,6-8H2,3H3/t9?,10-/m0/s1. The van der Waals surface area contributed by atoms with E-state index in [2.05, 4.69) is 18.6 Å². The van der Waals surface area contributed by atoms with E-state index in [0.717, 1.165) is 24.7 Å². The van der Waals surface area contributed by atoms with Crippen molar-refractivity contribution < 1.29 is 5.21 Å². The van der Waals surface area contributed by atoms with Gasteiger partial charge in [0.15, 0.2) is 0 Å². The van der Waals surface area contributed by atoms with Crippen LogP contribution in [0.1, 0.15) is 19.8 Å². The minimum absolute atomic E-state index is 0.129. The zero-order valence-electron chi connectivity index (χ0n) is 8.69. The topological polar surface area (TPSA) is 38.7 Å². The molecule has 1 fully saturated rings. The molecule has 4 heteroatoms. The molecule has 0 aromatic heterocycles. The quantitative estimate of drug-likeness (QED) is 0.652. The lowest BCUT2D eigenvalue weighted by Gasteiger charge is -2.30. The number of hydrogen-bond acceptors (Lipinski definition) is 4. The van der Waals surface area contributed by atoms with Gasteiger partial charge >= 0.3 is 0 Å². The molecule has 80 valence electrons. The van der Waals surface area contributed by atoms with Crippen molar-refractivity contribution in [2.24, 2.45) is 0 Å². The number of nitrogens with zero attached hydrogens (tertiary/aromatic N) is 2. The van der Waals surface area contributed by atoms with E-state index in [1.165, 1.54) is 0 Å². The van der Waals surface area contributed by atoms with Gasteiger partial charge in [0.1, 0.15) is 0 Å². The van der Waals surface area contributed by atoms with E-state index < -0.39 is 0 Å². The van der Waals surface area contributed by atoms with Gasteiger partial charge in [0.05, 0.1) is 0 Å². The van der Waals surface area contributed by atoms with Gasteiger partial charge in [-0.2, -0.15) is 5.01 Å². The van der Waals surface area contributed by atoms with Gasteiger partial charge in [-0.1, -0.05) is 17.4 Å². The average molecular weight is 197 g/mol. The Hall–Kier alpha value is -0.680. The number of allylic oxidation sites excluding steroid dienone is 1. The van der Waals surface area contributed by atoms with Crippen LogP contribution in [0, 0.1) is 0 Å². The molecule has 0 radical (unpaired) electrons. The number of rotatable bonds is 5. The molecule has 0 aliphatic carbocycles. The summed E-state index contributed by atoms with van der Waals surface area (Å²) in [7, 11) is 0. The summed E-state index contributed by atoms with van der Waals surface area (Å²) in [6, 6.07) is 0.441. The lowest BCUT2D eigenvalue weighted by molar-refractivity contribution is -0.265. The predicted octanol–water partition coefficient (Wildman–Crippen LogP) is 1.32. The van der Waals surface area contributed by atoms with Crippen LogP contribution in [0.2, 0.25) is 0 Å². The molecule has 2 atom stereocenters. The maximum Gasteiger partial charge on any atom is 0.0434 e. The van der Waals surface area contributed by atoms with Crippen LogP contribution in [0.4, 0.5) is 0 Å². The first-order valence-corrected chi connectivity index (χ1v) is 4.95. The molecule has 2 N–H and O–H groups in total. The Kier molecular flexibility index (Phi) is 4.28. The van der Waals surface area contributed by atoms with E-state index in [1.807, 2.05) is 24.1 Å². The highest BCUT2D eigenvalue weighted by atomic mass is 16.6. The van der Waals surface area contributed by atoms with Gasteiger partial charge in [0, 0.05) is 18.6 Å². The van der Waals surface area contributed by atoms with Gasteiger partial charge in [0.2, 0.25) is 0 Å². The van der Waals surface area contributed by atoms with Crippen molar-refractivity contribution in [1.29, 1.82) is 0 Å². The fraction of sp³-hybridized carbons (Fsp3) is 0.600. The van der Waals surface area contributed by atoms with Gasteiger partial charge in [-0.15, -0.1) is 13.2 Å². The molecule has 1 aliphatic rings. The molecule has 0 aromatic carbocycles. The Morgan fingerprint density at radius 1 is 1.64 bits per heavy atom. The molecule has 1 heterocycles. The molecule has 0 amide bonds. The first-order chi connectivity index (χ1) is 6.70. The van der Waals surface area contributed by atoms with Crippen molar-refractivity contribution in [1.82, 2.24) is 15.7 Å². The minimum Gasteiger partial charge on any atom is -0.285 e. The molecule has 1 aliphatic heterocycles. The summed E-state index contributed by atoms with van der Waals surface area (Å²) in [5, 5.41) is 12.5. The normalized spacial score (nSPS) is 26.3. The highest BCUT2D eigenvalue weighted by molar-refractivity contribution is 4.89. The molecule has 4 nitrogen and oxygen atoms in total. The molecule has 1 rings (SSSR count). The van der Waals surface area contributed by atoms with E-state index in [-0.39, 0.29) is 6.04 Å². The van der Waals surface area contributed by atoms with E-state index in [4.69, 9.17) is 0 Å². The largest absolute Gasteiger partial charge is 0.285 e. The second kappa shape index (κ2) is 5.26. The summed E-state index contributed by atoms with van der Waals surface area (Å²) >= 11 is 0. The van der Waals surface area contributed by atoms with Gasteiger partial charge in [-0.3, -0.25) is 5.21 Å². The molecule has 0 bridgehead atoms. The third-order valence-electron chi connectivity index (χ3n) is 2.52. The van der Waals surface area contributed by atoms with Gasteiger partial charge < -0.3 is 0 Å². The van der Waals surface area contributed by atoms with Crippen LogP contribution in [-0.2, 0) is 0 Å². The summed E-state index contributed by atoms with van der Waals surface area (Å²) in [6.07, 6.45) is 5.67. The fourth-order valence-corrected chi connectivity index (χ4v) is 1.67. The first kappa shape index (κ1) is 11.4. The molecule has 0 aromatic rings. The second-order valence-electron chi connectivity index (χ2n) is 3.53. The van der Waals surface area contributed by atoms with E-state index in [0.29, 0.717) is 6.04 Å². The van der Waals surface area contributed by atoms with E-state index in [1.54, 1.807) is 0 Å². The van der Waals surface area contributed by atoms with Crippen molar-refractivity contribution in [3.05, 3.63) is 25.3 Å². The smallest absolute Gasteiger partial charge is 0.0434 e. The Morgan fingerprint density at radius 2 is 2.36 bits per heavy atom. The molecule has 1 saturated heterocycles. The number of hydrogen-bond donors (Lipinski definition) is 2. The maximum absolute atomic E-state index is 9.53. The molecule has 0 spiro atoms. The third kappa shape index (κ3) is 2.42. The Morgan fingerprint density at radius 3 is 2.93 bits per heavy atom. The van der Waals surface area contributed by atoms with Crippen molar-refractivity contribution in [3.63, 3.8) is 0 Å².